The van der Waals surface area contributed by atoms with E-state index < -0.39 is 18.0 Å². The van der Waals surface area contributed by atoms with Crippen LogP contribution in [0.3, 0.4) is 0 Å². The van der Waals surface area contributed by atoms with Gasteiger partial charge in [-0.25, -0.2) is 4.79 Å². The SMILES string of the molecule is CCCCCCCCOc1ccc(-c2ccc(C(=O)Oc3ccc(C(=O)C(C)OC(=O)CCC)cc3)cc2)cc1. The van der Waals surface area contributed by atoms with Gasteiger partial charge in [0.1, 0.15) is 11.5 Å². The molecule has 40 heavy (non-hydrogen) atoms. The van der Waals surface area contributed by atoms with Crippen molar-refractivity contribution in [1.82, 2.24) is 0 Å². The average molecular weight is 545 g/mol. The minimum Gasteiger partial charge on any atom is -0.494 e. The molecule has 3 aromatic rings. The van der Waals surface area contributed by atoms with E-state index in [0.717, 1.165) is 29.9 Å². The normalized spacial score (nSPS) is 11.5. The first-order valence-electron chi connectivity index (χ1n) is 14.3. The largest absolute Gasteiger partial charge is 0.494 e. The highest BCUT2D eigenvalue weighted by atomic mass is 16.5. The second-order valence-electron chi connectivity index (χ2n) is 9.88. The summed E-state index contributed by atoms with van der Waals surface area (Å²) in [5, 5.41) is 0. The number of ketones is 1. The van der Waals surface area contributed by atoms with Gasteiger partial charge in [-0.15, -0.1) is 0 Å². The fourth-order valence-electron chi connectivity index (χ4n) is 4.22. The molecule has 0 spiro atoms. The summed E-state index contributed by atoms with van der Waals surface area (Å²) >= 11 is 0. The van der Waals surface area contributed by atoms with Crippen LogP contribution >= 0.6 is 0 Å². The van der Waals surface area contributed by atoms with Gasteiger partial charge < -0.3 is 14.2 Å². The first-order valence-corrected chi connectivity index (χ1v) is 14.3. The van der Waals surface area contributed by atoms with Gasteiger partial charge in [0.15, 0.2) is 6.10 Å². The summed E-state index contributed by atoms with van der Waals surface area (Å²) in [6.45, 7) is 6.37. The molecule has 0 saturated carbocycles. The van der Waals surface area contributed by atoms with Crippen molar-refractivity contribution in [1.29, 1.82) is 0 Å². The molecular formula is C34H40O6. The molecule has 0 aromatic heterocycles. The number of unbranched alkanes of at least 4 members (excludes halogenated alkanes) is 5. The molecule has 212 valence electrons. The Hall–Kier alpha value is -3.93. The Bertz CT molecular complexity index is 1210. The molecule has 3 aromatic carbocycles. The molecule has 0 amide bonds. The Balaban J connectivity index is 1.49. The van der Waals surface area contributed by atoms with E-state index in [1.165, 1.54) is 32.1 Å². The molecule has 0 bridgehead atoms. The van der Waals surface area contributed by atoms with Crippen LogP contribution in [0.5, 0.6) is 11.5 Å². The Labute approximate surface area is 237 Å². The van der Waals surface area contributed by atoms with E-state index in [9.17, 15) is 14.4 Å². The highest BCUT2D eigenvalue weighted by molar-refractivity contribution is 6.00. The number of benzene rings is 3. The van der Waals surface area contributed by atoms with Gasteiger partial charge in [-0.3, -0.25) is 9.59 Å². The minimum absolute atomic E-state index is 0.272. The lowest BCUT2D eigenvalue weighted by Gasteiger charge is -2.12. The zero-order valence-corrected chi connectivity index (χ0v) is 23.8. The number of Topliss-reactive ketones (excluding diaryl/α,β-unsaturated/α-hetero) is 1. The van der Waals surface area contributed by atoms with E-state index in [1.807, 2.05) is 43.3 Å². The molecule has 0 aliphatic carbocycles. The zero-order chi connectivity index (χ0) is 28.7. The molecule has 1 unspecified atom stereocenters. The molecule has 3 rings (SSSR count). The van der Waals surface area contributed by atoms with Gasteiger partial charge >= 0.3 is 11.9 Å². The smallest absolute Gasteiger partial charge is 0.343 e. The van der Waals surface area contributed by atoms with Crippen LogP contribution in [0.4, 0.5) is 0 Å². The van der Waals surface area contributed by atoms with Crippen molar-refractivity contribution in [2.75, 3.05) is 6.61 Å². The first kappa shape index (κ1) is 30.6. The van der Waals surface area contributed by atoms with Crippen LogP contribution in [-0.2, 0) is 9.53 Å². The summed E-state index contributed by atoms with van der Waals surface area (Å²) < 4.78 is 16.5. The van der Waals surface area contributed by atoms with Crippen molar-refractivity contribution in [3.63, 3.8) is 0 Å². The highest BCUT2D eigenvalue weighted by Gasteiger charge is 2.19. The standard InChI is InChI=1S/C34H40O6/c1-4-6-7-8-9-10-24-38-30-20-16-27(17-21-30)26-12-14-29(15-13-26)34(37)40-31-22-18-28(19-23-31)33(36)25(3)39-32(35)11-5-2/h12-23,25H,4-11,24H2,1-3H3. The van der Waals surface area contributed by atoms with E-state index in [2.05, 4.69) is 6.92 Å². The lowest BCUT2D eigenvalue weighted by molar-refractivity contribution is -0.146. The number of rotatable bonds is 16. The van der Waals surface area contributed by atoms with Gasteiger partial charge in [0.25, 0.3) is 0 Å². The summed E-state index contributed by atoms with van der Waals surface area (Å²) in [6, 6.07) is 21.4. The Morgan fingerprint density at radius 3 is 1.82 bits per heavy atom. The zero-order valence-electron chi connectivity index (χ0n) is 23.8. The number of carbonyl (C=O) groups excluding carboxylic acids is 3. The number of esters is 2. The molecule has 0 heterocycles. The van der Waals surface area contributed by atoms with Crippen LogP contribution in [0.25, 0.3) is 11.1 Å². The number of hydrogen-bond acceptors (Lipinski definition) is 6. The average Bonchev–Trinajstić information content (AvgIpc) is 2.97. The van der Waals surface area contributed by atoms with E-state index in [0.29, 0.717) is 23.3 Å². The fourth-order valence-corrected chi connectivity index (χ4v) is 4.22. The second kappa shape index (κ2) is 16.2. The van der Waals surface area contributed by atoms with Gasteiger partial charge in [0.2, 0.25) is 5.78 Å². The van der Waals surface area contributed by atoms with Crippen molar-refractivity contribution < 1.29 is 28.6 Å². The molecule has 0 saturated heterocycles. The predicted molar refractivity (Wildman–Crippen MR) is 157 cm³/mol. The number of carbonyl (C=O) groups is 3. The van der Waals surface area contributed by atoms with Crippen molar-refractivity contribution in [3.05, 3.63) is 83.9 Å². The van der Waals surface area contributed by atoms with Crippen LogP contribution in [0.1, 0.15) is 92.9 Å². The van der Waals surface area contributed by atoms with E-state index in [4.69, 9.17) is 14.2 Å². The Morgan fingerprint density at radius 1 is 0.650 bits per heavy atom. The first-order chi connectivity index (χ1) is 19.4. The maximum atomic E-state index is 12.7. The summed E-state index contributed by atoms with van der Waals surface area (Å²) in [6.07, 6.45) is 7.47. The van der Waals surface area contributed by atoms with Crippen LogP contribution in [0.2, 0.25) is 0 Å². The minimum atomic E-state index is -0.875. The fraction of sp³-hybridized carbons (Fsp3) is 0.382. The van der Waals surface area contributed by atoms with Crippen LogP contribution < -0.4 is 9.47 Å². The Morgan fingerprint density at radius 2 is 1.20 bits per heavy atom. The van der Waals surface area contributed by atoms with Gasteiger partial charge in [-0.05, 0) is 79.4 Å². The van der Waals surface area contributed by atoms with Crippen LogP contribution in [0, 0.1) is 0 Å². The highest BCUT2D eigenvalue weighted by Crippen LogP contribution is 2.24. The molecule has 6 nitrogen and oxygen atoms in total. The number of ether oxygens (including phenoxy) is 3. The third-order valence-corrected chi connectivity index (χ3v) is 6.56. The lowest BCUT2D eigenvalue weighted by atomic mass is 10.0. The molecule has 0 fully saturated rings. The quantitative estimate of drug-likeness (QED) is 0.0782. The van der Waals surface area contributed by atoms with E-state index >= 15 is 0 Å². The predicted octanol–water partition coefficient (Wildman–Crippen LogP) is 8.23. The second-order valence-corrected chi connectivity index (χ2v) is 9.88. The topological polar surface area (TPSA) is 78.9 Å². The van der Waals surface area contributed by atoms with Gasteiger partial charge in [-0.2, -0.15) is 0 Å². The van der Waals surface area contributed by atoms with Crippen molar-refractivity contribution in [2.24, 2.45) is 0 Å². The van der Waals surface area contributed by atoms with Gasteiger partial charge in [-0.1, -0.05) is 70.2 Å². The summed E-state index contributed by atoms with van der Waals surface area (Å²) in [5.41, 5.74) is 2.80. The molecule has 1 atom stereocenters. The lowest BCUT2D eigenvalue weighted by Crippen LogP contribution is -2.24. The van der Waals surface area contributed by atoms with Crippen molar-refractivity contribution >= 4 is 17.7 Å². The summed E-state index contributed by atoms with van der Waals surface area (Å²) in [4.78, 5) is 36.8. The Kier molecular flexibility index (Phi) is 12.4. The molecule has 6 heteroatoms. The van der Waals surface area contributed by atoms with E-state index in [-0.39, 0.29) is 12.2 Å². The van der Waals surface area contributed by atoms with Crippen LogP contribution in [-0.4, -0.2) is 30.4 Å². The maximum Gasteiger partial charge on any atom is 0.343 e. The third kappa shape index (κ3) is 9.67. The summed E-state index contributed by atoms with van der Waals surface area (Å²) in [7, 11) is 0. The monoisotopic (exact) mass is 544 g/mol. The van der Waals surface area contributed by atoms with Gasteiger partial charge in [0.05, 0.1) is 12.2 Å². The van der Waals surface area contributed by atoms with Crippen molar-refractivity contribution in [2.45, 2.75) is 78.2 Å². The van der Waals surface area contributed by atoms with Gasteiger partial charge in [0, 0.05) is 12.0 Å². The molecule has 0 aliphatic heterocycles. The van der Waals surface area contributed by atoms with E-state index in [1.54, 1.807) is 43.3 Å². The third-order valence-electron chi connectivity index (χ3n) is 6.56. The van der Waals surface area contributed by atoms with Crippen molar-refractivity contribution in [3.8, 4) is 22.6 Å². The van der Waals surface area contributed by atoms with Crippen LogP contribution in [0.15, 0.2) is 72.8 Å². The molecule has 0 N–H and O–H groups in total. The molecule has 0 aliphatic rings. The summed E-state index contributed by atoms with van der Waals surface area (Å²) in [5.74, 6) is -0.0269. The molecule has 0 radical (unpaired) electrons. The maximum absolute atomic E-state index is 12.7. The molecular weight excluding hydrogens is 504 g/mol. The number of hydrogen-bond donors (Lipinski definition) is 0.